The van der Waals surface area contributed by atoms with Gasteiger partial charge in [-0.2, -0.15) is 0 Å². The van der Waals surface area contributed by atoms with E-state index < -0.39 is 9.85 Å². The van der Waals surface area contributed by atoms with Gasteiger partial charge in [-0.15, -0.1) is 0 Å². The maximum Gasteiger partial charge on any atom is 0.299 e. The van der Waals surface area contributed by atoms with Gasteiger partial charge in [-0.25, -0.2) is 0 Å². The number of nitrogens with zero attached hydrogens (tertiary/aromatic N) is 3. The number of nitro benzene ring substituents is 2. The van der Waals surface area contributed by atoms with E-state index >= 15 is 0 Å². The molecule has 1 aromatic carbocycles. The van der Waals surface area contributed by atoms with Crippen molar-refractivity contribution in [2.75, 3.05) is 31.6 Å². The van der Waals surface area contributed by atoms with Crippen molar-refractivity contribution in [3.05, 3.63) is 38.4 Å². The molecule has 2 aliphatic heterocycles. The summed E-state index contributed by atoms with van der Waals surface area (Å²) in [5.74, 6) is 0. The van der Waals surface area contributed by atoms with Crippen LogP contribution >= 0.6 is 0 Å². The third-order valence-electron chi connectivity index (χ3n) is 4.37. The second-order valence-corrected chi connectivity index (χ2v) is 5.84. The Balaban J connectivity index is 1.65. The lowest BCUT2D eigenvalue weighted by Crippen LogP contribution is -2.48. The van der Waals surface area contributed by atoms with Gasteiger partial charge >= 0.3 is 0 Å². The SMILES string of the molecule is O=[N+]([O-])c1ccc(NC[C@@H]2CN3CCC[C@H]3CO2)c([N+](=O)[O-])c1. The molecular weight excluding hydrogens is 304 g/mol. The van der Waals surface area contributed by atoms with Crippen molar-refractivity contribution in [3.63, 3.8) is 0 Å². The highest BCUT2D eigenvalue weighted by Gasteiger charge is 2.32. The Hall–Kier alpha value is -2.26. The summed E-state index contributed by atoms with van der Waals surface area (Å²) in [6, 6.07) is 4.10. The van der Waals surface area contributed by atoms with Gasteiger partial charge in [0.15, 0.2) is 0 Å². The van der Waals surface area contributed by atoms with Crippen molar-refractivity contribution in [3.8, 4) is 0 Å². The summed E-state index contributed by atoms with van der Waals surface area (Å²) < 4.78 is 5.79. The van der Waals surface area contributed by atoms with Crippen molar-refractivity contribution < 1.29 is 14.6 Å². The summed E-state index contributed by atoms with van der Waals surface area (Å²) in [5.41, 5.74) is -0.321. The molecule has 2 atom stereocenters. The van der Waals surface area contributed by atoms with Crippen molar-refractivity contribution >= 4 is 17.1 Å². The molecule has 9 nitrogen and oxygen atoms in total. The van der Waals surface area contributed by atoms with Crippen molar-refractivity contribution in [2.24, 2.45) is 0 Å². The minimum absolute atomic E-state index is 0.0425. The first-order chi connectivity index (χ1) is 11.0. The Kier molecular flexibility index (Phi) is 4.39. The van der Waals surface area contributed by atoms with Crippen LogP contribution in [-0.4, -0.2) is 53.1 Å². The lowest BCUT2D eigenvalue weighted by atomic mass is 10.2. The molecule has 2 saturated heterocycles. The fraction of sp³-hybridized carbons (Fsp3) is 0.571. The second-order valence-electron chi connectivity index (χ2n) is 5.84. The Labute approximate surface area is 132 Å². The highest BCUT2D eigenvalue weighted by atomic mass is 16.6. The van der Waals surface area contributed by atoms with Crippen LogP contribution in [0.2, 0.25) is 0 Å². The normalized spacial score (nSPS) is 24.2. The van der Waals surface area contributed by atoms with Crippen LogP contribution in [0.1, 0.15) is 12.8 Å². The summed E-state index contributed by atoms with van der Waals surface area (Å²) in [6.07, 6.45) is 2.30. The van der Waals surface area contributed by atoms with Crippen LogP contribution in [-0.2, 0) is 4.74 Å². The van der Waals surface area contributed by atoms with E-state index in [1.54, 1.807) is 0 Å². The van der Waals surface area contributed by atoms with Gasteiger partial charge in [0.25, 0.3) is 11.4 Å². The molecular formula is C14H18N4O5. The van der Waals surface area contributed by atoms with Gasteiger partial charge in [0.1, 0.15) is 5.69 Å². The monoisotopic (exact) mass is 322 g/mol. The molecule has 124 valence electrons. The van der Waals surface area contributed by atoms with E-state index in [1.807, 2.05) is 0 Å². The molecule has 0 radical (unpaired) electrons. The number of ether oxygens (including phenoxy) is 1. The summed E-state index contributed by atoms with van der Waals surface area (Å²) in [7, 11) is 0. The average molecular weight is 322 g/mol. The van der Waals surface area contributed by atoms with Crippen LogP contribution in [0.5, 0.6) is 0 Å². The van der Waals surface area contributed by atoms with Crippen LogP contribution in [0.3, 0.4) is 0 Å². The molecule has 0 aliphatic carbocycles. The van der Waals surface area contributed by atoms with E-state index in [1.165, 1.54) is 18.6 Å². The van der Waals surface area contributed by atoms with Gasteiger partial charge in [-0.3, -0.25) is 25.1 Å². The number of nitro groups is 2. The predicted molar refractivity (Wildman–Crippen MR) is 82.6 cm³/mol. The Bertz CT molecular complexity index is 623. The molecule has 0 saturated carbocycles. The Morgan fingerprint density at radius 1 is 1.30 bits per heavy atom. The molecule has 2 fully saturated rings. The second kappa shape index (κ2) is 6.47. The van der Waals surface area contributed by atoms with Crippen molar-refractivity contribution in [1.29, 1.82) is 0 Å². The van der Waals surface area contributed by atoms with Crippen LogP contribution < -0.4 is 5.32 Å². The Morgan fingerprint density at radius 3 is 2.87 bits per heavy atom. The average Bonchev–Trinajstić information content (AvgIpc) is 3.00. The van der Waals surface area contributed by atoms with Gasteiger partial charge in [0.05, 0.1) is 28.6 Å². The van der Waals surface area contributed by atoms with Crippen LogP contribution in [0.15, 0.2) is 18.2 Å². The molecule has 1 aromatic rings. The predicted octanol–water partition coefficient (Wildman–Crippen LogP) is 1.78. The van der Waals surface area contributed by atoms with E-state index in [0.29, 0.717) is 19.2 Å². The lowest BCUT2D eigenvalue weighted by molar-refractivity contribution is -0.393. The van der Waals surface area contributed by atoms with Gasteiger partial charge in [0.2, 0.25) is 0 Å². The fourth-order valence-electron chi connectivity index (χ4n) is 3.17. The number of benzene rings is 1. The minimum atomic E-state index is -0.644. The summed E-state index contributed by atoms with van der Waals surface area (Å²) in [6.45, 7) is 3.00. The van der Waals surface area contributed by atoms with E-state index in [2.05, 4.69) is 10.2 Å². The molecule has 0 unspecified atom stereocenters. The number of nitrogens with one attached hydrogen (secondary N) is 1. The third kappa shape index (κ3) is 3.40. The number of non-ortho nitro benzene ring substituents is 1. The van der Waals surface area contributed by atoms with Gasteiger partial charge < -0.3 is 10.1 Å². The lowest BCUT2D eigenvalue weighted by Gasteiger charge is -2.35. The van der Waals surface area contributed by atoms with Crippen LogP contribution in [0.25, 0.3) is 0 Å². The highest BCUT2D eigenvalue weighted by molar-refractivity contribution is 5.65. The van der Waals surface area contributed by atoms with Crippen LogP contribution in [0.4, 0.5) is 17.1 Å². The van der Waals surface area contributed by atoms with Gasteiger partial charge in [-0.05, 0) is 25.5 Å². The molecule has 23 heavy (non-hydrogen) atoms. The molecule has 9 heteroatoms. The van der Waals surface area contributed by atoms with E-state index in [0.717, 1.165) is 25.6 Å². The number of hydrogen-bond donors (Lipinski definition) is 1. The molecule has 3 rings (SSSR count). The molecule has 2 aliphatic rings. The molecule has 0 bridgehead atoms. The Morgan fingerprint density at radius 2 is 2.13 bits per heavy atom. The molecule has 0 spiro atoms. The molecule has 0 aromatic heterocycles. The quantitative estimate of drug-likeness (QED) is 0.649. The van der Waals surface area contributed by atoms with Crippen LogP contribution in [0, 0.1) is 20.2 Å². The first-order valence-corrected chi connectivity index (χ1v) is 7.57. The maximum atomic E-state index is 11.1. The smallest absolute Gasteiger partial charge is 0.299 e. The largest absolute Gasteiger partial charge is 0.377 e. The number of morpholine rings is 1. The molecule has 1 N–H and O–H groups in total. The number of rotatable bonds is 5. The summed E-state index contributed by atoms with van der Waals surface area (Å²) in [4.78, 5) is 23.0. The van der Waals surface area contributed by atoms with Gasteiger partial charge in [0, 0.05) is 25.2 Å². The molecule has 2 heterocycles. The number of fused-ring (bicyclic) bond motifs is 1. The van der Waals surface area contributed by atoms with E-state index in [4.69, 9.17) is 4.74 Å². The number of anilines is 1. The standard InChI is InChI=1S/C14H18N4O5/c19-17(20)10-3-4-13(14(6-10)18(21)22)15-7-12-8-16-5-1-2-11(16)9-23-12/h3-4,6,11-12,15H,1-2,5,7-9H2/t11-,12+/m0/s1. The number of hydrogen-bond acceptors (Lipinski definition) is 7. The summed E-state index contributed by atoms with van der Waals surface area (Å²) >= 11 is 0. The maximum absolute atomic E-state index is 11.1. The zero-order valence-electron chi connectivity index (χ0n) is 12.5. The topological polar surface area (TPSA) is 111 Å². The van der Waals surface area contributed by atoms with Gasteiger partial charge in [-0.1, -0.05) is 0 Å². The zero-order chi connectivity index (χ0) is 16.4. The van der Waals surface area contributed by atoms with E-state index in [-0.39, 0.29) is 23.2 Å². The van der Waals surface area contributed by atoms with Crippen molar-refractivity contribution in [1.82, 2.24) is 4.90 Å². The zero-order valence-corrected chi connectivity index (χ0v) is 12.5. The fourth-order valence-corrected chi connectivity index (χ4v) is 3.17. The minimum Gasteiger partial charge on any atom is -0.377 e. The molecule has 0 amide bonds. The summed E-state index contributed by atoms with van der Waals surface area (Å²) in [5, 5.41) is 24.8. The van der Waals surface area contributed by atoms with E-state index in [9.17, 15) is 20.2 Å². The first kappa shape index (κ1) is 15.6. The first-order valence-electron chi connectivity index (χ1n) is 7.57. The third-order valence-corrected chi connectivity index (χ3v) is 4.37. The highest BCUT2D eigenvalue weighted by Crippen LogP contribution is 2.29. The van der Waals surface area contributed by atoms with Crippen molar-refractivity contribution in [2.45, 2.75) is 25.0 Å².